The Morgan fingerprint density at radius 2 is 1.65 bits per heavy atom. The summed E-state index contributed by atoms with van der Waals surface area (Å²) in [5, 5.41) is 2.58. The van der Waals surface area contributed by atoms with E-state index >= 15 is 0 Å². The molecule has 1 aromatic rings. The third-order valence-corrected chi connectivity index (χ3v) is 3.91. The minimum atomic E-state index is -3.51. The highest BCUT2D eigenvalue weighted by atomic mass is 35.5. The van der Waals surface area contributed by atoms with Gasteiger partial charge in [0.1, 0.15) is 0 Å². The Morgan fingerprint density at radius 3 is 2.05 bits per heavy atom. The first kappa shape index (κ1) is 18.9. The average molecular weight is 322 g/mol. The maximum atomic E-state index is 11.9. The van der Waals surface area contributed by atoms with Gasteiger partial charge in [-0.15, -0.1) is 12.4 Å². The number of benzene rings is 1. The zero-order valence-electron chi connectivity index (χ0n) is 11.6. The van der Waals surface area contributed by atoms with Gasteiger partial charge >= 0.3 is 0 Å². The van der Waals surface area contributed by atoms with Gasteiger partial charge in [0, 0.05) is 11.7 Å². The van der Waals surface area contributed by atoms with Crippen molar-refractivity contribution in [3.05, 3.63) is 24.3 Å². The van der Waals surface area contributed by atoms with Crippen LogP contribution in [0, 0.1) is 0 Å². The average Bonchev–Trinajstić information content (AvgIpc) is 2.27. The summed E-state index contributed by atoms with van der Waals surface area (Å²) < 4.78 is 26.2. The first-order chi connectivity index (χ1) is 8.72. The van der Waals surface area contributed by atoms with Crippen LogP contribution in [0.3, 0.4) is 0 Å². The van der Waals surface area contributed by atoms with Crippen molar-refractivity contribution in [1.82, 2.24) is 4.72 Å². The van der Waals surface area contributed by atoms with E-state index in [2.05, 4.69) is 10.0 Å². The molecule has 8 heteroatoms. The summed E-state index contributed by atoms with van der Waals surface area (Å²) in [5.41, 5.74) is 5.93. The Hall–Kier alpha value is -1.15. The maximum Gasteiger partial charge on any atom is 0.240 e. The molecule has 0 bridgehead atoms. The molecule has 0 radical (unpaired) electrons. The lowest BCUT2D eigenvalue weighted by Crippen LogP contribution is -2.32. The number of carbonyl (C=O) groups excluding carboxylic acids is 1. The molecule has 1 aromatic carbocycles. The second kappa shape index (κ2) is 7.58. The summed E-state index contributed by atoms with van der Waals surface area (Å²) in [4.78, 5) is 11.5. The van der Waals surface area contributed by atoms with Crippen molar-refractivity contribution in [2.75, 3.05) is 5.32 Å². The van der Waals surface area contributed by atoms with Crippen molar-refractivity contribution in [3.8, 4) is 0 Å². The quantitative estimate of drug-likeness (QED) is 0.755. The summed E-state index contributed by atoms with van der Waals surface area (Å²) in [7, 11) is -3.51. The van der Waals surface area contributed by atoms with E-state index in [-0.39, 0.29) is 29.3 Å². The lowest BCUT2D eigenvalue weighted by molar-refractivity contribution is -0.117. The van der Waals surface area contributed by atoms with E-state index in [0.29, 0.717) is 5.69 Å². The molecule has 20 heavy (non-hydrogen) atoms. The zero-order valence-corrected chi connectivity index (χ0v) is 13.2. The number of halogens is 1. The van der Waals surface area contributed by atoms with Gasteiger partial charge in [-0.25, -0.2) is 13.1 Å². The standard InChI is InChI=1S/C12H19N3O3S.ClH/c1-8(2)15-19(17,18)11-6-4-10(5-7-11)14-12(16)9(3)13;/h4-9,15H,13H2,1-3H3,(H,14,16);1H/t9-;/m1./s1. The summed E-state index contributed by atoms with van der Waals surface area (Å²) >= 11 is 0. The smallest absolute Gasteiger partial charge is 0.240 e. The van der Waals surface area contributed by atoms with Gasteiger partial charge in [0.05, 0.1) is 10.9 Å². The molecule has 0 spiro atoms. The molecule has 1 amide bonds. The van der Waals surface area contributed by atoms with Crippen LogP contribution < -0.4 is 15.8 Å². The first-order valence-corrected chi connectivity index (χ1v) is 7.39. The van der Waals surface area contributed by atoms with E-state index in [4.69, 9.17) is 5.73 Å². The van der Waals surface area contributed by atoms with Crippen LogP contribution in [-0.4, -0.2) is 26.4 Å². The van der Waals surface area contributed by atoms with Gasteiger partial charge < -0.3 is 11.1 Å². The zero-order chi connectivity index (χ0) is 14.6. The minimum Gasteiger partial charge on any atom is -0.325 e. The molecule has 114 valence electrons. The molecule has 0 heterocycles. The van der Waals surface area contributed by atoms with Crippen LogP contribution >= 0.6 is 12.4 Å². The molecular weight excluding hydrogens is 302 g/mol. The lowest BCUT2D eigenvalue weighted by atomic mass is 10.3. The Bertz CT molecular complexity index is 542. The molecule has 6 nitrogen and oxygen atoms in total. The number of anilines is 1. The van der Waals surface area contributed by atoms with Crippen molar-refractivity contribution >= 4 is 34.0 Å². The number of amides is 1. The molecule has 0 aliphatic heterocycles. The molecular formula is C12H20ClN3O3S. The van der Waals surface area contributed by atoms with Crippen LogP contribution in [0.1, 0.15) is 20.8 Å². The Kier molecular flexibility index (Phi) is 7.15. The summed E-state index contributed by atoms with van der Waals surface area (Å²) in [6, 6.07) is 5.11. The van der Waals surface area contributed by atoms with E-state index in [0.717, 1.165) is 0 Å². The van der Waals surface area contributed by atoms with Crippen LogP contribution in [0.4, 0.5) is 5.69 Å². The lowest BCUT2D eigenvalue weighted by Gasteiger charge is -2.11. The topological polar surface area (TPSA) is 101 Å². The number of carbonyl (C=O) groups is 1. The number of hydrogen-bond donors (Lipinski definition) is 3. The third kappa shape index (κ3) is 5.46. The van der Waals surface area contributed by atoms with E-state index in [1.165, 1.54) is 24.3 Å². The van der Waals surface area contributed by atoms with Crippen LogP contribution in [0.2, 0.25) is 0 Å². The first-order valence-electron chi connectivity index (χ1n) is 5.91. The third-order valence-electron chi connectivity index (χ3n) is 2.24. The van der Waals surface area contributed by atoms with E-state index in [1.807, 2.05) is 0 Å². The van der Waals surface area contributed by atoms with Crippen molar-refractivity contribution < 1.29 is 13.2 Å². The molecule has 0 aliphatic rings. The summed E-state index contributed by atoms with van der Waals surface area (Å²) in [6.45, 7) is 5.06. The van der Waals surface area contributed by atoms with Crippen molar-refractivity contribution in [3.63, 3.8) is 0 Å². The number of nitrogens with two attached hydrogens (primary N) is 1. The molecule has 0 aliphatic carbocycles. The Labute approximate surface area is 125 Å². The van der Waals surface area contributed by atoms with Gasteiger partial charge in [0.25, 0.3) is 0 Å². The second-order valence-electron chi connectivity index (χ2n) is 4.58. The van der Waals surface area contributed by atoms with Crippen LogP contribution in [0.25, 0.3) is 0 Å². The highest BCUT2D eigenvalue weighted by Crippen LogP contribution is 2.14. The van der Waals surface area contributed by atoms with Gasteiger partial charge in [-0.2, -0.15) is 0 Å². The van der Waals surface area contributed by atoms with Gasteiger partial charge in [-0.1, -0.05) is 0 Å². The number of nitrogens with one attached hydrogen (secondary N) is 2. The largest absolute Gasteiger partial charge is 0.325 e. The van der Waals surface area contributed by atoms with E-state index in [9.17, 15) is 13.2 Å². The fraction of sp³-hybridized carbons (Fsp3) is 0.417. The van der Waals surface area contributed by atoms with Gasteiger partial charge in [0.15, 0.2) is 0 Å². The number of sulfonamides is 1. The molecule has 0 unspecified atom stereocenters. The van der Waals surface area contributed by atoms with Crippen LogP contribution in [0.15, 0.2) is 29.2 Å². The predicted molar refractivity (Wildman–Crippen MR) is 81.4 cm³/mol. The SMILES string of the molecule is CC(C)NS(=O)(=O)c1ccc(NC(=O)[C@@H](C)N)cc1.Cl. The molecule has 0 saturated carbocycles. The second-order valence-corrected chi connectivity index (χ2v) is 6.29. The van der Waals surface area contributed by atoms with E-state index < -0.39 is 16.1 Å². The fourth-order valence-corrected chi connectivity index (χ4v) is 2.60. The molecule has 1 rings (SSSR count). The Balaban J connectivity index is 0.00000361. The van der Waals surface area contributed by atoms with Crippen molar-refractivity contribution in [1.29, 1.82) is 0 Å². The van der Waals surface area contributed by atoms with E-state index in [1.54, 1.807) is 20.8 Å². The Morgan fingerprint density at radius 1 is 1.15 bits per heavy atom. The number of rotatable bonds is 5. The van der Waals surface area contributed by atoms with Crippen molar-refractivity contribution in [2.45, 2.75) is 37.8 Å². The van der Waals surface area contributed by atoms with Gasteiger partial charge in [-0.05, 0) is 45.0 Å². The predicted octanol–water partition coefficient (Wildman–Crippen LogP) is 1.08. The molecule has 0 aromatic heterocycles. The summed E-state index contributed by atoms with van der Waals surface area (Å²) in [5.74, 6) is -0.323. The molecule has 0 fully saturated rings. The molecule has 4 N–H and O–H groups in total. The van der Waals surface area contributed by atoms with Gasteiger partial charge in [-0.3, -0.25) is 4.79 Å². The highest BCUT2D eigenvalue weighted by molar-refractivity contribution is 7.89. The maximum absolute atomic E-state index is 11.9. The number of hydrogen-bond acceptors (Lipinski definition) is 4. The van der Waals surface area contributed by atoms with Crippen LogP contribution in [0.5, 0.6) is 0 Å². The minimum absolute atomic E-state index is 0. The van der Waals surface area contributed by atoms with Crippen molar-refractivity contribution in [2.24, 2.45) is 5.73 Å². The van der Waals surface area contributed by atoms with Crippen LogP contribution in [-0.2, 0) is 14.8 Å². The van der Waals surface area contributed by atoms with Gasteiger partial charge in [0.2, 0.25) is 15.9 Å². The molecule has 0 saturated heterocycles. The highest BCUT2D eigenvalue weighted by Gasteiger charge is 2.15. The fourth-order valence-electron chi connectivity index (χ4n) is 1.35. The summed E-state index contributed by atoms with van der Waals surface area (Å²) in [6.07, 6.45) is 0. The normalized spacial score (nSPS) is 12.7. The monoisotopic (exact) mass is 321 g/mol. The molecule has 1 atom stereocenters.